The molecule has 0 spiro atoms. The zero-order chi connectivity index (χ0) is 15.1. The zero-order valence-electron chi connectivity index (χ0n) is 12.0. The first-order chi connectivity index (χ1) is 10.2. The van der Waals surface area contributed by atoms with E-state index in [-0.39, 0.29) is 12.5 Å². The molecular weight excluding hydrogens is 292 g/mol. The number of nitrogens with zero attached hydrogens (tertiary/aromatic N) is 2. The lowest BCUT2D eigenvalue weighted by molar-refractivity contribution is -0.133. The zero-order valence-corrected chi connectivity index (χ0v) is 12.8. The van der Waals surface area contributed by atoms with Gasteiger partial charge in [-0.2, -0.15) is 0 Å². The van der Waals surface area contributed by atoms with Crippen molar-refractivity contribution in [3.8, 4) is 5.75 Å². The molecule has 1 saturated heterocycles. The first kappa shape index (κ1) is 16.1. The molecule has 1 aromatic carbocycles. The molecule has 21 heavy (non-hydrogen) atoms. The summed E-state index contributed by atoms with van der Waals surface area (Å²) in [6.07, 6.45) is 0.378. The van der Waals surface area contributed by atoms with E-state index in [1.807, 2.05) is 4.90 Å². The van der Waals surface area contributed by atoms with Crippen LogP contribution < -0.4 is 4.74 Å². The maximum absolute atomic E-state index is 12.1. The van der Waals surface area contributed by atoms with Gasteiger partial charge in [-0.05, 0) is 24.3 Å². The van der Waals surface area contributed by atoms with Gasteiger partial charge in [-0.15, -0.1) is 0 Å². The minimum atomic E-state index is 0.118. The van der Waals surface area contributed by atoms with Gasteiger partial charge in [-0.25, -0.2) is 0 Å². The number of benzene rings is 1. The van der Waals surface area contributed by atoms with Crippen LogP contribution >= 0.6 is 11.6 Å². The number of aliphatic hydroxyl groups is 1. The van der Waals surface area contributed by atoms with Crippen LogP contribution in [-0.2, 0) is 4.79 Å². The highest BCUT2D eigenvalue weighted by Gasteiger charge is 2.20. The number of hydrogen-bond donors (Lipinski definition) is 1. The Bertz CT molecular complexity index is 445. The van der Waals surface area contributed by atoms with Crippen LogP contribution in [0.4, 0.5) is 0 Å². The summed E-state index contributed by atoms with van der Waals surface area (Å²) in [6, 6.07) is 7.11. The first-order valence-electron chi connectivity index (χ1n) is 7.18. The summed E-state index contributed by atoms with van der Waals surface area (Å²) < 4.78 is 5.53. The van der Waals surface area contributed by atoms with Crippen molar-refractivity contribution in [2.24, 2.45) is 0 Å². The van der Waals surface area contributed by atoms with E-state index in [9.17, 15) is 4.79 Å². The fraction of sp³-hybridized carbons (Fsp3) is 0.533. The van der Waals surface area contributed by atoms with Crippen LogP contribution in [0.3, 0.4) is 0 Å². The number of ether oxygens (including phenoxy) is 1. The first-order valence-corrected chi connectivity index (χ1v) is 7.56. The van der Waals surface area contributed by atoms with Gasteiger partial charge in [0.05, 0.1) is 19.6 Å². The molecule has 116 valence electrons. The second kappa shape index (κ2) is 8.22. The average Bonchev–Trinajstić information content (AvgIpc) is 2.50. The number of piperazine rings is 1. The van der Waals surface area contributed by atoms with E-state index >= 15 is 0 Å². The number of carbonyl (C=O) groups is 1. The van der Waals surface area contributed by atoms with Gasteiger partial charge in [-0.1, -0.05) is 11.6 Å². The smallest absolute Gasteiger partial charge is 0.226 e. The minimum Gasteiger partial charge on any atom is -0.493 e. The Labute approximate surface area is 130 Å². The van der Waals surface area contributed by atoms with E-state index in [1.54, 1.807) is 24.3 Å². The van der Waals surface area contributed by atoms with E-state index < -0.39 is 0 Å². The molecule has 1 heterocycles. The summed E-state index contributed by atoms with van der Waals surface area (Å²) in [5.41, 5.74) is 0. The lowest BCUT2D eigenvalue weighted by Gasteiger charge is -2.34. The second-order valence-corrected chi connectivity index (χ2v) is 5.43. The highest BCUT2D eigenvalue weighted by molar-refractivity contribution is 6.30. The average molecular weight is 313 g/mol. The summed E-state index contributed by atoms with van der Waals surface area (Å²) in [6.45, 7) is 4.32. The summed E-state index contributed by atoms with van der Waals surface area (Å²) in [4.78, 5) is 16.1. The number of amides is 1. The molecule has 1 aliphatic rings. The van der Waals surface area contributed by atoms with Crippen LogP contribution in [0.25, 0.3) is 0 Å². The molecule has 0 unspecified atom stereocenters. The Hall–Kier alpha value is -1.30. The van der Waals surface area contributed by atoms with Crippen molar-refractivity contribution in [2.45, 2.75) is 6.42 Å². The quantitative estimate of drug-likeness (QED) is 0.859. The van der Waals surface area contributed by atoms with Gasteiger partial charge in [0.2, 0.25) is 5.91 Å². The molecule has 6 heteroatoms. The maximum atomic E-state index is 12.1. The molecule has 1 amide bonds. The number of rotatable bonds is 6. The van der Waals surface area contributed by atoms with Gasteiger partial charge in [0.25, 0.3) is 0 Å². The fourth-order valence-electron chi connectivity index (χ4n) is 2.31. The molecule has 1 fully saturated rings. The molecule has 0 saturated carbocycles. The van der Waals surface area contributed by atoms with Crippen LogP contribution in [0, 0.1) is 0 Å². The van der Waals surface area contributed by atoms with Crippen LogP contribution in [0.2, 0.25) is 5.02 Å². The SMILES string of the molecule is O=C(CCOc1ccc(Cl)cc1)N1CCN(CCO)CC1. The van der Waals surface area contributed by atoms with Crippen LogP contribution in [0.5, 0.6) is 5.75 Å². The van der Waals surface area contributed by atoms with E-state index in [0.717, 1.165) is 31.9 Å². The Morgan fingerprint density at radius 3 is 2.48 bits per heavy atom. The molecular formula is C15H21ClN2O3. The molecule has 2 rings (SSSR count). The van der Waals surface area contributed by atoms with E-state index in [2.05, 4.69) is 4.90 Å². The minimum absolute atomic E-state index is 0.118. The van der Waals surface area contributed by atoms with Crippen molar-refractivity contribution in [3.05, 3.63) is 29.3 Å². The number of β-amino-alcohol motifs (C(OH)–C–C–N with tert-alkyl or cyclic N) is 1. The third-order valence-electron chi connectivity index (χ3n) is 3.54. The van der Waals surface area contributed by atoms with E-state index in [4.69, 9.17) is 21.4 Å². The van der Waals surface area contributed by atoms with Crippen molar-refractivity contribution in [1.82, 2.24) is 9.80 Å². The van der Waals surface area contributed by atoms with E-state index in [1.165, 1.54) is 0 Å². The molecule has 5 nitrogen and oxygen atoms in total. The number of hydrogen-bond acceptors (Lipinski definition) is 4. The monoisotopic (exact) mass is 312 g/mol. The third-order valence-corrected chi connectivity index (χ3v) is 3.79. The van der Waals surface area contributed by atoms with E-state index in [0.29, 0.717) is 24.6 Å². The normalized spacial score (nSPS) is 16.0. The van der Waals surface area contributed by atoms with Gasteiger partial charge < -0.3 is 14.7 Å². The molecule has 0 aliphatic carbocycles. The second-order valence-electron chi connectivity index (χ2n) is 5.00. The molecule has 0 bridgehead atoms. The van der Waals surface area contributed by atoms with Crippen LogP contribution in [-0.4, -0.2) is 66.8 Å². The summed E-state index contributed by atoms with van der Waals surface area (Å²) in [5, 5.41) is 9.55. The Morgan fingerprint density at radius 1 is 1.19 bits per heavy atom. The lowest BCUT2D eigenvalue weighted by Crippen LogP contribution is -2.49. The molecule has 0 atom stereocenters. The van der Waals surface area contributed by atoms with Crippen LogP contribution in [0.15, 0.2) is 24.3 Å². The van der Waals surface area contributed by atoms with Gasteiger partial charge in [0.1, 0.15) is 5.75 Å². The maximum Gasteiger partial charge on any atom is 0.226 e. The predicted octanol–water partition coefficient (Wildman–Crippen LogP) is 1.25. The van der Waals surface area contributed by atoms with Gasteiger partial charge in [0.15, 0.2) is 0 Å². The van der Waals surface area contributed by atoms with Gasteiger partial charge in [-0.3, -0.25) is 9.69 Å². The third kappa shape index (κ3) is 5.19. The number of aliphatic hydroxyl groups excluding tert-OH is 1. The molecule has 0 radical (unpaired) electrons. The van der Waals surface area contributed by atoms with Gasteiger partial charge >= 0.3 is 0 Å². The highest BCUT2D eigenvalue weighted by Crippen LogP contribution is 2.15. The Balaban J connectivity index is 1.67. The van der Waals surface area contributed by atoms with Crippen molar-refractivity contribution in [2.75, 3.05) is 45.9 Å². The fourth-order valence-corrected chi connectivity index (χ4v) is 2.43. The molecule has 1 aromatic rings. The summed E-state index contributed by atoms with van der Waals surface area (Å²) in [5.74, 6) is 0.840. The van der Waals surface area contributed by atoms with Crippen LogP contribution in [0.1, 0.15) is 6.42 Å². The van der Waals surface area contributed by atoms with Crippen molar-refractivity contribution >= 4 is 17.5 Å². The van der Waals surface area contributed by atoms with Gasteiger partial charge in [0, 0.05) is 37.7 Å². The molecule has 0 aromatic heterocycles. The number of halogens is 1. The molecule has 1 aliphatic heterocycles. The van der Waals surface area contributed by atoms with Crippen molar-refractivity contribution in [3.63, 3.8) is 0 Å². The predicted molar refractivity (Wildman–Crippen MR) is 81.7 cm³/mol. The van der Waals surface area contributed by atoms with Crippen molar-refractivity contribution < 1.29 is 14.6 Å². The standard InChI is InChI=1S/C15H21ClN2O3/c16-13-1-3-14(4-2-13)21-12-5-15(20)18-8-6-17(7-9-18)10-11-19/h1-4,19H,5-12H2. The largest absolute Gasteiger partial charge is 0.493 e. The Kier molecular flexibility index (Phi) is 6.29. The molecule has 1 N–H and O–H groups in total. The topological polar surface area (TPSA) is 53.0 Å². The highest BCUT2D eigenvalue weighted by atomic mass is 35.5. The van der Waals surface area contributed by atoms with Crippen molar-refractivity contribution in [1.29, 1.82) is 0 Å². The lowest BCUT2D eigenvalue weighted by atomic mass is 10.3. The Morgan fingerprint density at radius 2 is 1.86 bits per heavy atom. The summed E-state index contributed by atoms with van der Waals surface area (Å²) >= 11 is 5.80. The number of carbonyl (C=O) groups excluding carboxylic acids is 1. The summed E-state index contributed by atoms with van der Waals surface area (Å²) in [7, 11) is 0.